The first-order valence-corrected chi connectivity index (χ1v) is 6.29. The highest BCUT2D eigenvalue weighted by Crippen LogP contribution is 2.11. The van der Waals surface area contributed by atoms with E-state index in [0.717, 1.165) is 10.7 Å². The molecule has 0 bridgehead atoms. The van der Waals surface area contributed by atoms with Gasteiger partial charge in [0.1, 0.15) is 0 Å². The van der Waals surface area contributed by atoms with Crippen molar-refractivity contribution in [1.29, 1.82) is 0 Å². The normalized spacial score (nSPS) is 10.3. The van der Waals surface area contributed by atoms with Gasteiger partial charge in [0.2, 0.25) is 5.56 Å². The molecule has 2 aromatic heterocycles. The number of nitrogens with one attached hydrogen (secondary N) is 1. The van der Waals surface area contributed by atoms with Crippen molar-refractivity contribution in [1.82, 2.24) is 14.9 Å². The highest BCUT2D eigenvalue weighted by molar-refractivity contribution is 7.09. The van der Waals surface area contributed by atoms with Crippen molar-refractivity contribution in [3.05, 3.63) is 50.3 Å². The zero-order chi connectivity index (χ0) is 13.1. The second-order valence-electron chi connectivity index (χ2n) is 3.96. The summed E-state index contributed by atoms with van der Waals surface area (Å²) in [4.78, 5) is 31.5. The number of thiazole rings is 1. The van der Waals surface area contributed by atoms with E-state index in [-0.39, 0.29) is 11.5 Å². The zero-order valence-electron chi connectivity index (χ0n) is 10.1. The van der Waals surface area contributed by atoms with E-state index in [1.165, 1.54) is 12.3 Å². The van der Waals surface area contributed by atoms with Gasteiger partial charge in [-0.25, -0.2) is 4.98 Å². The van der Waals surface area contributed by atoms with Crippen LogP contribution in [-0.4, -0.2) is 27.8 Å². The minimum Gasteiger partial charge on any atom is -0.336 e. The third-order valence-corrected chi connectivity index (χ3v) is 3.26. The first-order valence-electron chi connectivity index (χ1n) is 5.41. The smallest absolute Gasteiger partial charge is 0.254 e. The molecule has 0 atom stereocenters. The second kappa shape index (κ2) is 5.14. The summed E-state index contributed by atoms with van der Waals surface area (Å²) in [6, 6.07) is 2.89. The van der Waals surface area contributed by atoms with Gasteiger partial charge in [0, 0.05) is 30.3 Å². The lowest BCUT2D eigenvalue weighted by Gasteiger charge is -2.15. The van der Waals surface area contributed by atoms with Crippen LogP contribution in [0.15, 0.2) is 28.5 Å². The molecule has 5 nitrogen and oxygen atoms in total. The molecule has 94 valence electrons. The van der Waals surface area contributed by atoms with Gasteiger partial charge in [-0.3, -0.25) is 9.59 Å². The number of aryl methyl sites for hydroxylation is 1. The summed E-state index contributed by atoms with van der Waals surface area (Å²) in [6.07, 6.45) is 1.47. The van der Waals surface area contributed by atoms with Crippen molar-refractivity contribution in [3.8, 4) is 0 Å². The number of hydrogen-bond donors (Lipinski definition) is 1. The fourth-order valence-corrected chi connectivity index (χ4v) is 2.20. The monoisotopic (exact) mass is 263 g/mol. The Labute approximate surface area is 108 Å². The molecular weight excluding hydrogens is 250 g/mol. The van der Waals surface area contributed by atoms with E-state index >= 15 is 0 Å². The number of aromatic amines is 1. The molecule has 0 saturated carbocycles. The number of rotatable bonds is 3. The predicted octanol–water partition coefficient (Wildman–Crippen LogP) is 1.41. The number of aromatic nitrogens is 2. The van der Waals surface area contributed by atoms with Gasteiger partial charge in [-0.05, 0) is 13.0 Å². The maximum Gasteiger partial charge on any atom is 0.254 e. The summed E-state index contributed by atoms with van der Waals surface area (Å²) < 4.78 is 0. The standard InChI is InChI=1S/C12H13N3O2S/c1-8-14-10(7-18-8)6-15(2)12(17)9-3-4-13-11(16)5-9/h3-5,7H,6H2,1-2H3,(H,13,16). The molecule has 0 aliphatic heterocycles. The molecule has 1 amide bonds. The molecule has 1 N–H and O–H groups in total. The number of hydrogen-bond acceptors (Lipinski definition) is 4. The van der Waals surface area contributed by atoms with Crippen molar-refractivity contribution in [2.45, 2.75) is 13.5 Å². The molecule has 2 rings (SSSR count). The van der Waals surface area contributed by atoms with Gasteiger partial charge in [0.15, 0.2) is 0 Å². The van der Waals surface area contributed by atoms with Gasteiger partial charge in [0.05, 0.1) is 17.2 Å². The summed E-state index contributed by atoms with van der Waals surface area (Å²) in [5.74, 6) is -0.188. The molecule has 18 heavy (non-hydrogen) atoms. The van der Waals surface area contributed by atoms with Crippen molar-refractivity contribution in [2.75, 3.05) is 7.05 Å². The van der Waals surface area contributed by atoms with Crippen LogP contribution in [0, 0.1) is 6.92 Å². The number of pyridine rings is 1. The first kappa shape index (κ1) is 12.5. The van der Waals surface area contributed by atoms with Gasteiger partial charge < -0.3 is 9.88 Å². The van der Waals surface area contributed by atoms with Crippen molar-refractivity contribution < 1.29 is 4.79 Å². The Hall–Kier alpha value is -1.95. The summed E-state index contributed by atoms with van der Waals surface area (Å²) in [6.45, 7) is 2.36. The molecule has 0 spiro atoms. The van der Waals surface area contributed by atoms with Crippen LogP contribution in [-0.2, 0) is 6.54 Å². The van der Waals surface area contributed by atoms with E-state index in [1.54, 1.807) is 29.4 Å². The van der Waals surface area contributed by atoms with Crippen molar-refractivity contribution in [3.63, 3.8) is 0 Å². The van der Waals surface area contributed by atoms with E-state index in [9.17, 15) is 9.59 Å². The lowest BCUT2D eigenvalue weighted by Crippen LogP contribution is -2.27. The van der Waals surface area contributed by atoms with Crippen LogP contribution in [0.3, 0.4) is 0 Å². The molecule has 0 fully saturated rings. The van der Waals surface area contributed by atoms with Crippen LogP contribution in [0.2, 0.25) is 0 Å². The van der Waals surface area contributed by atoms with E-state index in [1.807, 2.05) is 12.3 Å². The largest absolute Gasteiger partial charge is 0.336 e. The molecule has 0 aliphatic rings. The van der Waals surface area contributed by atoms with E-state index in [0.29, 0.717) is 12.1 Å². The topological polar surface area (TPSA) is 66.1 Å². The minimum atomic E-state index is -0.279. The maximum absolute atomic E-state index is 12.1. The number of carbonyl (C=O) groups is 1. The minimum absolute atomic E-state index is 0.188. The summed E-state index contributed by atoms with van der Waals surface area (Å²) >= 11 is 1.55. The van der Waals surface area contributed by atoms with Gasteiger partial charge in [-0.2, -0.15) is 0 Å². The van der Waals surface area contributed by atoms with Gasteiger partial charge in [-0.15, -0.1) is 11.3 Å². The number of carbonyl (C=O) groups excluding carboxylic acids is 1. The number of nitrogens with zero attached hydrogens (tertiary/aromatic N) is 2. The Balaban J connectivity index is 2.11. The molecule has 2 aromatic rings. The number of H-pyrrole nitrogens is 1. The average molecular weight is 263 g/mol. The average Bonchev–Trinajstić information content (AvgIpc) is 2.73. The molecule has 0 aliphatic carbocycles. The predicted molar refractivity (Wildman–Crippen MR) is 69.7 cm³/mol. The van der Waals surface area contributed by atoms with Crippen LogP contribution in [0.25, 0.3) is 0 Å². The second-order valence-corrected chi connectivity index (χ2v) is 5.02. The molecule has 2 heterocycles. The van der Waals surface area contributed by atoms with Crippen LogP contribution < -0.4 is 5.56 Å². The maximum atomic E-state index is 12.1. The fourth-order valence-electron chi connectivity index (χ4n) is 1.59. The fraction of sp³-hybridized carbons (Fsp3) is 0.250. The Kier molecular flexibility index (Phi) is 3.57. The third kappa shape index (κ3) is 2.84. The van der Waals surface area contributed by atoms with E-state index < -0.39 is 0 Å². The third-order valence-electron chi connectivity index (χ3n) is 2.43. The van der Waals surface area contributed by atoms with Crippen molar-refractivity contribution >= 4 is 17.2 Å². The van der Waals surface area contributed by atoms with Crippen LogP contribution in [0.4, 0.5) is 0 Å². The molecule has 6 heteroatoms. The molecular formula is C12H13N3O2S. The van der Waals surface area contributed by atoms with Crippen LogP contribution in [0.5, 0.6) is 0 Å². The van der Waals surface area contributed by atoms with Gasteiger partial charge in [0.25, 0.3) is 5.91 Å². The zero-order valence-corrected chi connectivity index (χ0v) is 11.0. The molecule has 0 aromatic carbocycles. The Morgan fingerprint density at radius 3 is 2.94 bits per heavy atom. The van der Waals surface area contributed by atoms with E-state index in [4.69, 9.17) is 0 Å². The Morgan fingerprint density at radius 1 is 1.56 bits per heavy atom. The first-order chi connectivity index (χ1) is 8.56. The molecule has 0 saturated heterocycles. The lowest BCUT2D eigenvalue weighted by molar-refractivity contribution is 0.0783. The molecule has 0 radical (unpaired) electrons. The van der Waals surface area contributed by atoms with E-state index in [2.05, 4.69) is 9.97 Å². The van der Waals surface area contributed by atoms with Crippen LogP contribution in [0.1, 0.15) is 21.1 Å². The summed E-state index contributed by atoms with van der Waals surface area (Å²) in [5.41, 5.74) is 0.963. The van der Waals surface area contributed by atoms with Gasteiger partial charge in [-0.1, -0.05) is 0 Å². The quantitative estimate of drug-likeness (QED) is 0.910. The SMILES string of the molecule is Cc1nc(CN(C)C(=O)c2cc[nH]c(=O)c2)cs1. The Bertz CT molecular complexity index is 618. The summed E-state index contributed by atoms with van der Waals surface area (Å²) in [7, 11) is 1.69. The van der Waals surface area contributed by atoms with Crippen molar-refractivity contribution in [2.24, 2.45) is 0 Å². The molecule has 0 unspecified atom stereocenters. The highest BCUT2D eigenvalue weighted by Gasteiger charge is 2.13. The summed E-state index contributed by atoms with van der Waals surface area (Å²) in [5, 5.41) is 2.90. The highest BCUT2D eigenvalue weighted by atomic mass is 32.1. The van der Waals surface area contributed by atoms with Gasteiger partial charge >= 0.3 is 0 Å². The number of amides is 1. The lowest BCUT2D eigenvalue weighted by atomic mass is 10.2. The Morgan fingerprint density at radius 2 is 2.33 bits per heavy atom. The van der Waals surface area contributed by atoms with Crippen LogP contribution >= 0.6 is 11.3 Å².